The summed E-state index contributed by atoms with van der Waals surface area (Å²) >= 11 is 0. The van der Waals surface area contributed by atoms with Crippen LogP contribution in [0.3, 0.4) is 0 Å². The highest BCUT2D eigenvalue weighted by molar-refractivity contribution is 5.90. The van der Waals surface area contributed by atoms with Crippen molar-refractivity contribution in [2.45, 2.75) is 33.2 Å². The highest BCUT2D eigenvalue weighted by Crippen LogP contribution is 2.13. The van der Waals surface area contributed by atoms with Crippen LogP contribution in [0.1, 0.15) is 38.3 Å². The molecule has 0 aliphatic rings. The molecule has 4 heteroatoms. The summed E-state index contributed by atoms with van der Waals surface area (Å²) in [4.78, 5) is 14.9. The van der Waals surface area contributed by atoms with Gasteiger partial charge in [0, 0.05) is 6.92 Å². The van der Waals surface area contributed by atoms with Gasteiger partial charge in [-0.1, -0.05) is 0 Å². The van der Waals surface area contributed by atoms with E-state index in [1.54, 1.807) is 4.68 Å². The third-order valence-electron chi connectivity index (χ3n) is 1.50. The van der Waals surface area contributed by atoms with E-state index in [2.05, 4.69) is 10.1 Å². The standard InChI is InChI=1S/C8H13N3O/c1-6(12)7-9-5-10-11(7)8(2,3)4/h5H,1-4H3. The SMILES string of the molecule is CC(=O)c1ncnn1C(C)(C)C. The van der Waals surface area contributed by atoms with Crippen molar-refractivity contribution in [1.29, 1.82) is 0 Å². The van der Waals surface area contributed by atoms with Gasteiger partial charge in [0.05, 0.1) is 5.54 Å². The van der Waals surface area contributed by atoms with Gasteiger partial charge < -0.3 is 0 Å². The van der Waals surface area contributed by atoms with Crippen molar-refractivity contribution in [1.82, 2.24) is 14.8 Å². The van der Waals surface area contributed by atoms with E-state index >= 15 is 0 Å². The maximum absolute atomic E-state index is 11.1. The van der Waals surface area contributed by atoms with Crippen LogP contribution in [0.4, 0.5) is 0 Å². The van der Waals surface area contributed by atoms with Crippen LogP contribution in [-0.2, 0) is 5.54 Å². The number of ketones is 1. The topological polar surface area (TPSA) is 47.8 Å². The van der Waals surface area contributed by atoms with Crippen molar-refractivity contribution >= 4 is 5.78 Å². The van der Waals surface area contributed by atoms with Gasteiger partial charge in [-0.25, -0.2) is 9.67 Å². The normalized spacial score (nSPS) is 11.7. The van der Waals surface area contributed by atoms with E-state index in [-0.39, 0.29) is 11.3 Å². The Labute approximate surface area is 71.6 Å². The van der Waals surface area contributed by atoms with Gasteiger partial charge in [-0.05, 0) is 20.8 Å². The lowest BCUT2D eigenvalue weighted by molar-refractivity contribution is 0.0990. The van der Waals surface area contributed by atoms with Crippen molar-refractivity contribution in [2.24, 2.45) is 0 Å². The molecule has 66 valence electrons. The summed E-state index contributed by atoms with van der Waals surface area (Å²) in [7, 11) is 0. The summed E-state index contributed by atoms with van der Waals surface area (Å²) in [6.07, 6.45) is 1.40. The minimum absolute atomic E-state index is 0.0533. The van der Waals surface area contributed by atoms with E-state index in [1.165, 1.54) is 13.3 Å². The predicted octanol–water partition coefficient (Wildman–Crippen LogP) is 1.24. The Balaban J connectivity index is 3.17. The molecule has 0 unspecified atom stereocenters. The molecule has 0 saturated carbocycles. The largest absolute Gasteiger partial charge is 0.291 e. The second-order valence-corrected chi connectivity index (χ2v) is 3.72. The van der Waals surface area contributed by atoms with E-state index in [1.807, 2.05) is 20.8 Å². The molecule has 0 saturated heterocycles. The van der Waals surface area contributed by atoms with Gasteiger partial charge in [0.1, 0.15) is 6.33 Å². The minimum atomic E-state index is -0.183. The van der Waals surface area contributed by atoms with Crippen molar-refractivity contribution in [3.05, 3.63) is 12.2 Å². The molecule has 0 bridgehead atoms. The van der Waals surface area contributed by atoms with Crippen LogP contribution in [0.15, 0.2) is 6.33 Å². The van der Waals surface area contributed by atoms with Crippen LogP contribution in [0.2, 0.25) is 0 Å². The number of rotatable bonds is 1. The summed E-state index contributed by atoms with van der Waals surface area (Å²) in [5.41, 5.74) is -0.183. The van der Waals surface area contributed by atoms with E-state index < -0.39 is 0 Å². The molecule has 1 rings (SSSR count). The molecular formula is C8H13N3O. The quantitative estimate of drug-likeness (QED) is 0.591. The Hall–Kier alpha value is -1.19. The molecule has 1 aromatic rings. The van der Waals surface area contributed by atoms with Crippen LogP contribution in [0, 0.1) is 0 Å². The van der Waals surface area contributed by atoms with Crippen molar-refractivity contribution in [2.75, 3.05) is 0 Å². The number of nitrogens with zero attached hydrogens (tertiary/aromatic N) is 3. The van der Waals surface area contributed by atoms with Gasteiger partial charge in [0.25, 0.3) is 0 Å². The van der Waals surface area contributed by atoms with Gasteiger partial charge in [0.2, 0.25) is 0 Å². The fourth-order valence-electron chi connectivity index (χ4n) is 0.972. The summed E-state index contributed by atoms with van der Waals surface area (Å²) < 4.78 is 1.63. The molecule has 0 aromatic carbocycles. The van der Waals surface area contributed by atoms with Crippen LogP contribution in [0.5, 0.6) is 0 Å². The average Bonchev–Trinajstić information content (AvgIpc) is 2.30. The lowest BCUT2D eigenvalue weighted by atomic mass is 10.1. The molecule has 0 radical (unpaired) electrons. The third-order valence-corrected chi connectivity index (χ3v) is 1.50. The summed E-state index contributed by atoms with van der Waals surface area (Å²) in [6, 6.07) is 0. The van der Waals surface area contributed by atoms with Crippen LogP contribution >= 0.6 is 0 Å². The Kier molecular flexibility index (Phi) is 2.00. The number of aromatic nitrogens is 3. The van der Waals surface area contributed by atoms with Gasteiger partial charge in [0.15, 0.2) is 11.6 Å². The lowest BCUT2D eigenvalue weighted by Gasteiger charge is -2.19. The van der Waals surface area contributed by atoms with Gasteiger partial charge in [-0.3, -0.25) is 4.79 Å². The molecule has 4 nitrogen and oxygen atoms in total. The first kappa shape index (κ1) is 8.90. The maximum Gasteiger partial charge on any atom is 0.196 e. The van der Waals surface area contributed by atoms with E-state index in [0.717, 1.165) is 0 Å². The van der Waals surface area contributed by atoms with Gasteiger partial charge in [-0.2, -0.15) is 5.10 Å². The zero-order valence-electron chi connectivity index (χ0n) is 7.83. The molecule has 0 fully saturated rings. The van der Waals surface area contributed by atoms with Gasteiger partial charge in [-0.15, -0.1) is 0 Å². The number of hydrogen-bond acceptors (Lipinski definition) is 3. The molecular weight excluding hydrogens is 154 g/mol. The van der Waals surface area contributed by atoms with Crippen molar-refractivity contribution in [3.63, 3.8) is 0 Å². The lowest BCUT2D eigenvalue weighted by Crippen LogP contribution is -2.26. The third kappa shape index (κ3) is 1.52. The van der Waals surface area contributed by atoms with Crippen LogP contribution in [0.25, 0.3) is 0 Å². The molecule has 0 aliphatic carbocycles. The molecule has 0 amide bonds. The molecule has 0 atom stereocenters. The molecule has 1 aromatic heterocycles. The maximum atomic E-state index is 11.1. The van der Waals surface area contributed by atoms with E-state index in [9.17, 15) is 4.79 Å². The Morgan fingerprint density at radius 2 is 2.08 bits per heavy atom. The summed E-state index contributed by atoms with van der Waals surface area (Å²) in [6.45, 7) is 7.43. The van der Waals surface area contributed by atoms with Crippen molar-refractivity contribution < 1.29 is 4.79 Å². The molecule has 0 aliphatic heterocycles. The van der Waals surface area contributed by atoms with E-state index in [4.69, 9.17) is 0 Å². The number of carbonyl (C=O) groups is 1. The second kappa shape index (κ2) is 2.69. The average molecular weight is 167 g/mol. The Morgan fingerprint density at radius 3 is 2.42 bits per heavy atom. The highest BCUT2D eigenvalue weighted by Gasteiger charge is 2.20. The van der Waals surface area contributed by atoms with Crippen LogP contribution < -0.4 is 0 Å². The van der Waals surface area contributed by atoms with Crippen molar-refractivity contribution in [3.8, 4) is 0 Å². The molecule has 0 N–H and O–H groups in total. The molecule has 1 heterocycles. The van der Waals surface area contributed by atoms with E-state index in [0.29, 0.717) is 5.82 Å². The summed E-state index contributed by atoms with van der Waals surface area (Å²) in [5.74, 6) is 0.366. The fourth-order valence-corrected chi connectivity index (χ4v) is 0.972. The highest BCUT2D eigenvalue weighted by atomic mass is 16.1. The monoisotopic (exact) mass is 167 g/mol. The first-order valence-corrected chi connectivity index (χ1v) is 3.84. The van der Waals surface area contributed by atoms with Crippen LogP contribution in [-0.4, -0.2) is 20.5 Å². The second-order valence-electron chi connectivity index (χ2n) is 3.72. The minimum Gasteiger partial charge on any atom is -0.291 e. The summed E-state index contributed by atoms with van der Waals surface area (Å²) in [5, 5.41) is 3.99. The number of carbonyl (C=O) groups excluding carboxylic acids is 1. The number of hydrogen-bond donors (Lipinski definition) is 0. The zero-order valence-corrected chi connectivity index (χ0v) is 7.83. The fraction of sp³-hybridized carbons (Fsp3) is 0.625. The Bertz CT molecular complexity index is 295. The Morgan fingerprint density at radius 1 is 1.50 bits per heavy atom. The zero-order chi connectivity index (χ0) is 9.35. The smallest absolute Gasteiger partial charge is 0.196 e. The molecule has 12 heavy (non-hydrogen) atoms. The number of Topliss-reactive ketones (excluding diaryl/α,β-unsaturated/α-hetero) is 1. The first-order valence-electron chi connectivity index (χ1n) is 3.84. The van der Waals surface area contributed by atoms with Gasteiger partial charge >= 0.3 is 0 Å². The predicted molar refractivity (Wildman–Crippen MR) is 45.0 cm³/mol. The first-order chi connectivity index (χ1) is 5.43. The molecule has 0 spiro atoms.